The molecule has 0 radical (unpaired) electrons. The largest absolute Gasteiger partial charge is 0.382 e. The molecule has 1 unspecified atom stereocenters. The number of aromatic amines is 1. The zero-order chi connectivity index (χ0) is 13.9. The summed E-state index contributed by atoms with van der Waals surface area (Å²) in [5, 5.41) is 11.5. The number of nitrogens with zero attached hydrogens (tertiary/aromatic N) is 1. The van der Waals surface area contributed by atoms with Gasteiger partial charge in [-0.15, -0.1) is 0 Å². The van der Waals surface area contributed by atoms with E-state index in [0.29, 0.717) is 0 Å². The van der Waals surface area contributed by atoms with Gasteiger partial charge in [0.2, 0.25) is 0 Å². The highest BCUT2D eigenvalue weighted by atomic mass is 19.1. The third-order valence-corrected chi connectivity index (χ3v) is 3.31. The number of H-pyrrole nitrogens is 1. The predicted molar refractivity (Wildman–Crippen MR) is 79.3 cm³/mol. The van der Waals surface area contributed by atoms with E-state index in [-0.39, 0.29) is 11.9 Å². The second kappa shape index (κ2) is 5.33. The smallest absolute Gasteiger partial charge is 0.123 e. The molecule has 1 heterocycles. The minimum Gasteiger partial charge on any atom is -0.382 e. The lowest BCUT2D eigenvalue weighted by molar-refractivity contribution is 0.626. The quantitative estimate of drug-likeness (QED) is 0.757. The van der Waals surface area contributed by atoms with Gasteiger partial charge in [0.05, 0.1) is 11.7 Å². The van der Waals surface area contributed by atoms with Crippen LogP contribution in [0.4, 0.5) is 10.1 Å². The monoisotopic (exact) mass is 269 g/mol. The van der Waals surface area contributed by atoms with E-state index in [2.05, 4.69) is 22.4 Å². The van der Waals surface area contributed by atoms with Crippen molar-refractivity contribution in [2.45, 2.75) is 19.4 Å². The van der Waals surface area contributed by atoms with Crippen molar-refractivity contribution in [2.24, 2.45) is 0 Å². The van der Waals surface area contributed by atoms with Crippen molar-refractivity contribution in [1.82, 2.24) is 10.2 Å². The predicted octanol–water partition coefficient (Wildman–Crippen LogP) is 3.75. The van der Waals surface area contributed by atoms with Crippen molar-refractivity contribution >= 4 is 16.6 Å². The molecule has 4 heteroatoms. The molecule has 2 N–H and O–H groups in total. The molecule has 20 heavy (non-hydrogen) atoms. The fourth-order valence-electron chi connectivity index (χ4n) is 2.34. The number of fused-ring (bicyclic) bond motifs is 1. The number of halogens is 1. The van der Waals surface area contributed by atoms with Crippen molar-refractivity contribution in [2.75, 3.05) is 5.32 Å². The molecule has 0 saturated carbocycles. The van der Waals surface area contributed by atoms with Crippen LogP contribution in [0.15, 0.2) is 48.7 Å². The third-order valence-electron chi connectivity index (χ3n) is 3.31. The van der Waals surface area contributed by atoms with Gasteiger partial charge in [0.15, 0.2) is 0 Å². The summed E-state index contributed by atoms with van der Waals surface area (Å²) in [6.07, 6.45) is 2.66. The fraction of sp³-hybridized carbons (Fsp3) is 0.188. The molecule has 1 aromatic heterocycles. The zero-order valence-corrected chi connectivity index (χ0v) is 11.2. The lowest BCUT2D eigenvalue weighted by Gasteiger charge is -2.15. The van der Waals surface area contributed by atoms with Crippen LogP contribution in [0.3, 0.4) is 0 Å². The topological polar surface area (TPSA) is 40.7 Å². The molecule has 0 amide bonds. The summed E-state index contributed by atoms with van der Waals surface area (Å²) in [6.45, 7) is 2.11. The van der Waals surface area contributed by atoms with Gasteiger partial charge in [-0.25, -0.2) is 4.39 Å². The van der Waals surface area contributed by atoms with Crippen LogP contribution in [-0.2, 0) is 6.42 Å². The molecule has 3 rings (SSSR count). The Morgan fingerprint density at radius 2 is 2.00 bits per heavy atom. The van der Waals surface area contributed by atoms with Gasteiger partial charge in [0.25, 0.3) is 0 Å². The normalized spacial score (nSPS) is 12.5. The molecular weight excluding hydrogens is 253 g/mol. The second-order valence-corrected chi connectivity index (χ2v) is 5.05. The molecule has 3 nitrogen and oxygen atoms in total. The van der Waals surface area contributed by atoms with E-state index in [0.717, 1.165) is 28.6 Å². The lowest BCUT2D eigenvalue weighted by atomic mass is 10.1. The number of benzene rings is 2. The van der Waals surface area contributed by atoms with Crippen molar-refractivity contribution in [3.8, 4) is 0 Å². The summed E-state index contributed by atoms with van der Waals surface area (Å²) in [4.78, 5) is 0. The second-order valence-electron chi connectivity index (χ2n) is 5.05. The minimum atomic E-state index is -0.195. The molecular formula is C16H16FN3. The standard InChI is InChI=1S/C16H16FN3/c1-11(8-12-2-5-14(17)6-3-12)19-15-7-4-13-10-18-20-16(13)9-15/h2-7,9-11,19H,8H2,1H3,(H,18,20). The fourth-order valence-corrected chi connectivity index (χ4v) is 2.34. The van der Waals surface area contributed by atoms with Crippen LogP contribution in [0.1, 0.15) is 12.5 Å². The van der Waals surface area contributed by atoms with Crippen molar-refractivity contribution in [3.63, 3.8) is 0 Å². The Hall–Kier alpha value is -2.36. The Labute approximate surface area is 116 Å². The molecule has 3 aromatic rings. The highest BCUT2D eigenvalue weighted by Crippen LogP contribution is 2.18. The highest BCUT2D eigenvalue weighted by Gasteiger charge is 2.05. The minimum absolute atomic E-state index is 0.195. The van der Waals surface area contributed by atoms with E-state index >= 15 is 0 Å². The molecule has 1 atom stereocenters. The zero-order valence-electron chi connectivity index (χ0n) is 11.2. The first-order valence-electron chi connectivity index (χ1n) is 6.65. The lowest BCUT2D eigenvalue weighted by Crippen LogP contribution is -2.17. The van der Waals surface area contributed by atoms with Gasteiger partial charge >= 0.3 is 0 Å². The summed E-state index contributed by atoms with van der Waals surface area (Å²) in [7, 11) is 0. The van der Waals surface area contributed by atoms with E-state index in [1.165, 1.54) is 12.1 Å². The van der Waals surface area contributed by atoms with Crippen LogP contribution in [-0.4, -0.2) is 16.2 Å². The van der Waals surface area contributed by atoms with Crippen molar-refractivity contribution in [1.29, 1.82) is 0 Å². The summed E-state index contributed by atoms with van der Waals surface area (Å²) < 4.78 is 12.9. The Balaban J connectivity index is 1.68. The summed E-state index contributed by atoms with van der Waals surface area (Å²) in [5.41, 5.74) is 3.19. The van der Waals surface area contributed by atoms with Crippen LogP contribution in [0.25, 0.3) is 10.9 Å². The van der Waals surface area contributed by atoms with Crippen LogP contribution in [0, 0.1) is 5.82 Å². The van der Waals surface area contributed by atoms with Gasteiger partial charge in [0, 0.05) is 17.1 Å². The summed E-state index contributed by atoms with van der Waals surface area (Å²) in [6, 6.07) is 13.0. The van der Waals surface area contributed by atoms with Crippen LogP contribution < -0.4 is 5.32 Å². The SMILES string of the molecule is CC(Cc1ccc(F)cc1)Nc1ccc2cn[nH]c2c1. The van der Waals surface area contributed by atoms with Gasteiger partial charge < -0.3 is 5.32 Å². The van der Waals surface area contributed by atoms with Crippen LogP contribution in [0.2, 0.25) is 0 Å². The molecule has 0 spiro atoms. The average molecular weight is 269 g/mol. The Kier molecular flexibility index (Phi) is 3.37. The van der Waals surface area contributed by atoms with Crippen molar-refractivity contribution < 1.29 is 4.39 Å². The van der Waals surface area contributed by atoms with Crippen molar-refractivity contribution in [3.05, 3.63) is 60.0 Å². The maximum atomic E-state index is 12.9. The Morgan fingerprint density at radius 3 is 2.80 bits per heavy atom. The number of hydrogen-bond donors (Lipinski definition) is 2. The van der Waals surface area contributed by atoms with Gasteiger partial charge in [-0.05, 0) is 49.2 Å². The number of hydrogen-bond acceptors (Lipinski definition) is 2. The number of anilines is 1. The van der Waals surface area contributed by atoms with E-state index < -0.39 is 0 Å². The maximum absolute atomic E-state index is 12.9. The van der Waals surface area contributed by atoms with E-state index in [1.807, 2.05) is 30.3 Å². The maximum Gasteiger partial charge on any atom is 0.123 e. The van der Waals surface area contributed by atoms with E-state index in [4.69, 9.17) is 0 Å². The number of aromatic nitrogens is 2. The van der Waals surface area contributed by atoms with Gasteiger partial charge in [-0.1, -0.05) is 12.1 Å². The molecule has 102 valence electrons. The van der Waals surface area contributed by atoms with Gasteiger partial charge in [0.1, 0.15) is 5.82 Å². The molecule has 0 aliphatic heterocycles. The van der Waals surface area contributed by atoms with Crippen LogP contribution in [0.5, 0.6) is 0 Å². The molecule has 0 saturated heterocycles. The molecule has 0 fully saturated rings. The Morgan fingerprint density at radius 1 is 1.20 bits per heavy atom. The summed E-state index contributed by atoms with van der Waals surface area (Å²) >= 11 is 0. The third kappa shape index (κ3) is 2.79. The number of nitrogens with one attached hydrogen (secondary N) is 2. The van der Waals surface area contributed by atoms with Crippen LogP contribution >= 0.6 is 0 Å². The molecule has 2 aromatic carbocycles. The first-order valence-corrected chi connectivity index (χ1v) is 6.65. The first kappa shape index (κ1) is 12.7. The van der Waals surface area contributed by atoms with E-state index in [9.17, 15) is 4.39 Å². The van der Waals surface area contributed by atoms with Gasteiger partial charge in [-0.2, -0.15) is 5.10 Å². The molecule has 0 aliphatic carbocycles. The van der Waals surface area contributed by atoms with Gasteiger partial charge in [-0.3, -0.25) is 5.10 Å². The summed E-state index contributed by atoms with van der Waals surface area (Å²) in [5.74, 6) is -0.195. The highest BCUT2D eigenvalue weighted by molar-refractivity contribution is 5.81. The Bertz CT molecular complexity index is 703. The molecule has 0 bridgehead atoms. The molecule has 0 aliphatic rings. The average Bonchev–Trinajstić information content (AvgIpc) is 2.89. The first-order chi connectivity index (χ1) is 9.70. The van der Waals surface area contributed by atoms with E-state index in [1.54, 1.807) is 6.20 Å². The number of rotatable bonds is 4.